The average molecular weight is 294 g/mol. The van der Waals surface area contributed by atoms with Gasteiger partial charge in [-0.3, -0.25) is 4.40 Å². The summed E-state index contributed by atoms with van der Waals surface area (Å²) in [5, 5.41) is 13.6. The van der Waals surface area contributed by atoms with Gasteiger partial charge < -0.3 is 5.11 Å². The summed E-state index contributed by atoms with van der Waals surface area (Å²) in [6.07, 6.45) is 2.63. The summed E-state index contributed by atoms with van der Waals surface area (Å²) in [5.41, 5.74) is 4.14. The van der Waals surface area contributed by atoms with Crippen molar-refractivity contribution < 1.29 is 5.11 Å². The first kappa shape index (κ1) is 12.4. The van der Waals surface area contributed by atoms with Crippen molar-refractivity contribution in [3.63, 3.8) is 0 Å². The summed E-state index contributed by atoms with van der Waals surface area (Å²) in [5.74, 6) is 0.120. The van der Waals surface area contributed by atoms with E-state index in [0.717, 1.165) is 11.3 Å². The van der Waals surface area contributed by atoms with Crippen LogP contribution in [0, 0.1) is 6.92 Å². The Kier molecular flexibility index (Phi) is 2.72. The maximum absolute atomic E-state index is 10.1. The third-order valence-corrected chi connectivity index (χ3v) is 4.85. The van der Waals surface area contributed by atoms with Gasteiger partial charge in [-0.15, -0.1) is 11.3 Å². The van der Waals surface area contributed by atoms with E-state index in [1.165, 1.54) is 21.2 Å². The summed E-state index contributed by atoms with van der Waals surface area (Å²) in [7, 11) is 0. The molecule has 4 heteroatoms. The molecule has 0 saturated heterocycles. The smallest absolute Gasteiger partial charge is 0.233 e. The molecule has 0 radical (unpaired) electrons. The van der Waals surface area contributed by atoms with Gasteiger partial charge >= 0.3 is 0 Å². The van der Waals surface area contributed by atoms with E-state index >= 15 is 0 Å². The second-order valence-electron chi connectivity index (χ2n) is 5.20. The van der Waals surface area contributed by atoms with Crippen LogP contribution in [0.25, 0.3) is 15.7 Å². The van der Waals surface area contributed by atoms with Crippen molar-refractivity contribution in [3.8, 4) is 5.88 Å². The van der Waals surface area contributed by atoms with Gasteiger partial charge in [-0.25, -0.2) is 0 Å². The highest BCUT2D eigenvalue weighted by Gasteiger charge is 2.14. The Morgan fingerprint density at radius 1 is 1.19 bits per heavy atom. The maximum Gasteiger partial charge on any atom is 0.233 e. The van der Waals surface area contributed by atoms with Crippen LogP contribution in [0.15, 0.2) is 48.0 Å². The number of aryl methyl sites for hydroxylation is 1. The predicted octanol–water partition coefficient (Wildman–Crippen LogP) is 4.15. The Labute approximate surface area is 126 Å². The van der Waals surface area contributed by atoms with Gasteiger partial charge in [0.05, 0.1) is 5.69 Å². The molecule has 3 aromatic heterocycles. The minimum Gasteiger partial charge on any atom is -0.492 e. The number of nitrogens with zero attached hydrogens (tertiary/aromatic N) is 2. The van der Waals surface area contributed by atoms with E-state index in [9.17, 15) is 5.11 Å². The van der Waals surface area contributed by atoms with Gasteiger partial charge in [-0.2, -0.15) is 4.98 Å². The van der Waals surface area contributed by atoms with E-state index < -0.39 is 0 Å². The Hall–Kier alpha value is -2.33. The maximum atomic E-state index is 10.1. The Morgan fingerprint density at radius 2 is 2.10 bits per heavy atom. The average Bonchev–Trinajstić information content (AvgIpc) is 3.03. The predicted molar refractivity (Wildman–Crippen MR) is 86.2 cm³/mol. The standard InChI is InChI=1S/C17H14N2OS/c1-11-5-4-6-14-16(11)12(10-21-14)9-13-17(20)18-15-7-2-3-8-19(13)15/h2-8,10,20H,9H2,1H3. The molecule has 104 valence electrons. The zero-order chi connectivity index (χ0) is 14.4. The molecule has 3 heterocycles. The van der Waals surface area contributed by atoms with Crippen LogP contribution in [0.2, 0.25) is 0 Å². The molecule has 3 nitrogen and oxygen atoms in total. The van der Waals surface area contributed by atoms with E-state index in [1.54, 1.807) is 11.3 Å². The second-order valence-corrected chi connectivity index (χ2v) is 6.11. The molecule has 4 rings (SSSR count). The molecular weight excluding hydrogens is 280 g/mol. The minimum atomic E-state index is 0.120. The first-order valence-electron chi connectivity index (χ1n) is 6.84. The minimum absolute atomic E-state index is 0.120. The van der Waals surface area contributed by atoms with Gasteiger partial charge in [-0.1, -0.05) is 18.2 Å². The van der Waals surface area contributed by atoms with Gasteiger partial charge in [0.25, 0.3) is 0 Å². The zero-order valence-electron chi connectivity index (χ0n) is 11.6. The van der Waals surface area contributed by atoms with Gasteiger partial charge in [0.2, 0.25) is 5.88 Å². The monoisotopic (exact) mass is 294 g/mol. The largest absolute Gasteiger partial charge is 0.492 e. The third-order valence-electron chi connectivity index (χ3n) is 3.85. The molecule has 1 aromatic carbocycles. The van der Waals surface area contributed by atoms with Crippen LogP contribution in [-0.2, 0) is 6.42 Å². The molecule has 1 N–H and O–H groups in total. The van der Waals surface area contributed by atoms with Crippen molar-refractivity contribution in [3.05, 3.63) is 64.8 Å². The lowest BCUT2D eigenvalue weighted by molar-refractivity contribution is 0.451. The molecule has 0 aliphatic carbocycles. The Balaban J connectivity index is 1.89. The lowest BCUT2D eigenvalue weighted by Gasteiger charge is -2.03. The first-order chi connectivity index (χ1) is 10.2. The molecule has 0 spiro atoms. The normalized spacial score (nSPS) is 11.5. The number of thiophene rings is 1. The molecule has 0 saturated carbocycles. The quantitative estimate of drug-likeness (QED) is 0.603. The van der Waals surface area contributed by atoms with Crippen molar-refractivity contribution >= 4 is 27.1 Å². The van der Waals surface area contributed by atoms with Crippen LogP contribution in [0.5, 0.6) is 5.88 Å². The van der Waals surface area contributed by atoms with E-state index in [-0.39, 0.29) is 5.88 Å². The number of aromatic hydroxyl groups is 1. The van der Waals surface area contributed by atoms with Crippen LogP contribution in [0.1, 0.15) is 16.8 Å². The summed E-state index contributed by atoms with van der Waals surface area (Å²) >= 11 is 1.75. The molecule has 0 unspecified atom stereocenters. The van der Waals surface area contributed by atoms with Crippen LogP contribution < -0.4 is 0 Å². The zero-order valence-corrected chi connectivity index (χ0v) is 12.4. The summed E-state index contributed by atoms with van der Waals surface area (Å²) in [6.45, 7) is 2.13. The van der Waals surface area contributed by atoms with Crippen LogP contribution in [0.3, 0.4) is 0 Å². The van der Waals surface area contributed by atoms with Gasteiger partial charge in [-0.05, 0) is 47.0 Å². The van der Waals surface area contributed by atoms with E-state index in [1.807, 2.05) is 28.8 Å². The highest BCUT2D eigenvalue weighted by Crippen LogP contribution is 2.32. The van der Waals surface area contributed by atoms with E-state index in [2.05, 4.69) is 35.5 Å². The number of hydrogen-bond acceptors (Lipinski definition) is 3. The summed E-state index contributed by atoms with van der Waals surface area (Å²) < 4.78 is 3.25. The van der Waals surface area contributed by atoms with Crippen molar-refractivity contribution in [1.29, 1.82) is 0 Å². The summed E-state index contributed by atoms with van der Waals surface area (Å²) in [6, 6.07) is 12.1. The fraction of sp³-hybridized carbons (Fsp3) is 0.118. The van der Waals surface area contributed by atoms with Crippen LogP contribution in [0.4, 0.5) is 0 Å². The van der Waals surface area contributed by atoms with Gasteiger partial charge in [0, 0.05) is 17.3 Å². The number of imidazole rings is 1. The van der Waals surface area contributed by atoms with E-state index in [4.69, 9.17) is 0 Å². The third kappa shape index (κ3) is 1.91. The Bertz CT molecular complexity index is 952. The molecule has 0 aliphatic heterocycles. The fourth-order valence-electron chi connectivity index (χ4n) is 2.85. The summed E-state index contributed by atoms with van der Waals surface area (Å²) in [4.78, 5) is 4.22. The van der Waals surface area contributed by atoms with Crippen molar-refractivity contribution in [2.75, 3.05) is 0 Å². The number of fused-ring (bicyclic) bond motifs is 2. The SMILES string of the molecule is Cc1cccc2scc(Cc3c(O)nc4ccccn34)c12. The van der Waals surface area contributed by atoms with Crippen molar-refractivity contribution in [2.24, 2.45) is 0 Å². The van der Waals surface area contributed by atoms with E-state index in [0.29, 0.717) is 6.42 Å². The van der Waals surface area contributed by atoms with Gasteiger partial charge in [0.15, 0.2) is 0 Å². The number of aromatic nitrogens is 2. The number of pyridine rings is 1. The molecule has 0 fully saturated rings. The molecular formula is C17H14N2OS. The molecule has 0 aliphatic rings. The van der Waals surface area contributed by atoms with Crippen molar-refractivity contribution in [2.45, 2.75) is 13.3 Å². The molecule has 0 bridgehead atoms. The molecule has 0 amide bonds. The second kappa shape index (κ2) is 4.60. The van der Waals surface area contributed by atoms with Crippen LogP contribution >= 0.6 is 11.3 Å². The number of rotatable bonds is 2. The van der Waals surface area contributed by atoms with Gasteiger partial charge in [0.1, 0.15) is 5.65 Å². The molecule has 0 atom stereocenters. The topological polar surface area (TPSA) is 37.5 Å². The van der Waals surface area contributed by atoms with Crippen LogP contribution in [-0.4, -0.2) is 14.5 Å². The highest BCUT2D eigenvalue weighted by atomic mass is 32.1. The first-order valence-corrected chi connectivity index (χ1v) is 7.72. The molecule has 21 heavy (non-hydrogen) atoms. The Morgan fingerprint density at radius 3 is 3.00 bits per heavy atom. The highest BCUT2D eigenvalue weighted by molar-refractivity contribution is 7.17. The number of benzene rings is 1. The van der Waals surface area contributed by atoms with Crippen molar-refractivity contribution in [1.82, 2.24) is 9.38 Å². The molecule has 4 aromatic rings. The number of hydrogen-bond donors (Lipinski definition) is 1. The lowest BCUT2D eigenvalue weighted by Crippen LogP contribution is -1.94. The fourth-order valence-corrected chi connectivity index (χ4v) is 3.89. The lowest BCUT2D eigenvalue weighted by atomic mass is 10.0.